The maximum absolute atomic E-state index is 12.2. The highest BCUT2D eigenvalue weighted by Crippen LogP contribution is 2.19. The Labute approximate surface area is 195 Å². The maximum atomic E-state index is 12.2. The van der Waals surface area contributed by atoms with Crippen LogP contribution in [0.4, 0.5) is 5.69 Å². The second-order valence-corrected chi connectivity index (χ2v) is 6.89. The van der Waals surface area contributed by atoms with Gasteiger partial charge in [0.05, 0.1) is 7.11 Å². The SMILES string of the molecule is CN=C(NCCNC(=O)c1ccc(OC)cc1)NC1CCN(c2ccccc2)C1.I. The van der Waals surface area contributed by atoms with E-state index in [9.17, 15) is 4.79 Å². The monoisotopic (exact) mass is 523 g/mol. The molecule has 1 saturated heterocycles. The third-order valence-corrected chi connectivity index (χ3v) is 4.93. The topological polar surface area (TPSA) is 78.0 Å². The van der Waals surface area contributed by atoms with Crippen LogP contribution in [-0.4, -0.2) is 58.2 Å². The smallest absolute Gasteiger partial charge is 0.251 e. The van der Waals surface area contributed by atoms with Gasteiger partial charge in [0.1, 0.15) is 5.75 Å². The number of nitrogens with one attached hydrogen (secondary N) is 3. The third kappa shape index (κ3) is 6.79. The highest BCUT2D eigenvalue weighted by atomic mass is 127. The van der Waals surface area contributed by atoms with E-state index in [1.54, 1.807) is 38.4 Å². The van der Waals surface area contributed by atoms with E-state index >= 15 is 0 Å². The van der Waals surface area contributed by atoms with Gasteiger partial charge in [0.2, 0.25) is 0 Å². The summed E-state index contributed by atoms with van der Waals surface area (Å²) in [6.07, 6.45) is 1.06. The van der Waals surface area contributed by atoms with Crippen LogP contribution in [-0.2, 0) is 0 Å². The van der Waals surface area contributed by atoms with Crippen molar-refractivity contribution in [3.05, 3.63) is 60.2 Å². The van der Waals surface area contributed by atoms with Crippen molar-refractivity contribution in [2.75, 3.05) is 45.2 Å². The molecule has 1 fully saturated rings. The molecule has 162 valence electrons. The van der Waals surface area contributed by atoms with Crippen LogP contribution in [0.1, 0.15) is 16.8 Å². The molecule has 7 nitrogen and oxygen atoms in total. The third-order valence-electron chi connectivity index (χ3n) is 4.93. The van der Waals surface area contributed by atoms with E-state index in [1.165, 1.54) is 5.69 Å². The molecule has 2 aromatic rings. The Balaban J connectivity index is 0.00000320. The summed E-state index contributed by atoms with van der Waals surface area (Å²) in [5.41, 5.74) is 1.86. The molecule has 1 unspecified atom stereocenters. The summed E-state index contributed by atoms with van der Waals surface area (Å²) in [4.78, 5) is 18.8. The predicted molar refractivity (Wildman–Crippen MR) is 132 cm³/mol. The number of guanidine groups is 1. The lowest BCUT2D eigenvalue weighted by Gasteiger charge is -2.20. The summed E-state index contributed by atoms with van der Waals surface area (Å²) in [6.45, 7) is 3.07. The number of para-hydroxylation sites is 1. The zero-order valence-electron chi connectivity index (χ0n) is 17.4. The van der Waals surface area contributed by atoms with Gasteiger partial charge in [-0.05, 0) is 42.8 Å². The number of aliphatic imine (C=N–C) groups is 1. The largest absolute Gasteiger partial charge is 0.497 e. The minimum absolute atomic E-state index is 0. The Morgan fingerprint density at radius 3 is 2.47 bits per heavy atom. The van der Waals surface area contributed by atoms with Crippen molar-refractivity contribution < 1.29 is 9.53 Å². The average Bonchev–Trinajstić information content (AvgIpc) is 3.25. The fourth-order valence-corrected chi connectivity index (χ4v) is 3.34. The zero-order chi connectivity index (χ0) is 20.5. The van der Waals surface area contributed by atoms with Crippen LogP contribution >= 0.6 is 24.0 Å². The molecule has 1 heterocycles. The zero-order valence-corrected chi connectivity index (χ0v) is 19.8. The van der Waals surface area contributed by atoms with Gasteiger partial charge < -0.3 is 25.6 Å². The molecule has 0 aliphatic carbocycles. The van der Waals surface area contributed by atoms with Gasteiger partial charge in [-0.2, -0.15) is 0 Å². The summed E-state index contributed by atoms with van der Waals surface area (Å²) in [6, 6.07) is 17.8. The molecular formula is C22H30IN5O2. The van der Waals surface area contributed by atoms with Crippen LogP contribution in [0, 0.1) is 0 Å². The number of nitrogens with zero attached hydrogens (tertiary/aromatic N) is 2. The number of halogens is 1. The van der Waals surface area contributed by atoms with E-state index < -0.39 is 0 Å². The number of carbonyl (C=O) groups excluding carboxylic acids is 1. The fraction of sp³-hybridized carbons (Fsp3) is 0.364. The predicted octanol–water partition coefficient (Wildman–Crippen LogP) is 2.49. The van der Waals surface area contributed by atoms with Crippen LogP contribution < -0.4 is 25.6 Å². The van der Waals surface area contributed by atoms with Crippen LogP contribution in [0.2, 0.25) is 0 Å². The van der Waals surface area contributed by atoms with E-state index in [0.29, 0.717) is 24.7 Å². The summed E-state index contributed by atoms with van der Waals surface area (Å²) in [5, 5.41) is 9.63. The minimum atomic E-state index is -0.105. The second kappa shape index (κ2) is 12.3. The molecule has 3 rings (SSSR count). The van der Waals surface area contributed by atoms with Crippen LogP contribution in [0.25, 0.3) is 0 Å². The number of hydrogen-bond donors (Lipinski definition) is 3. The number of amides is 1. The Hall–Kier alpha value is -2.49. The summed E-state index contributed by atoms with van der Waals surface area (Å²) >= 11 is 0. The number of benzene rings is 2. The van der Waals surface area contributed by atoms with Gasteiger partial charge in [-0.3, -0.25) is 9.79 Å². The number of carbonyl (C=O) groups is 1. The van der Waals surface area contributed by atoms with Crippen LogP contribution in [0.3, 0.4) is 0 Å². The van der Waals surface area contributed by atoms with Gasteiger partial charge in [0, 0.05) is 50.5 Å². The van der Waals surface area contributed by atoms with Crippen LogP contribution in [0.5, 0.6) is 5.75 Å². The van der Waals surface area contributed by atoms with Gasteiger partial charge in [0.15, 0.2) is 5.96 Å². The quantitative estimate of drug-likeness (QED) is 0.225. The first-order valence-electron chi connectivity index (χ1n) is 9.89. The lowest BCUT2D eigenvalue weighted by atomic mass is 10.2. The highest BCUT2D eigenvalue weighted by molar-refractivity contribution is 14.0. The molecule has 0 saturated carbocycles. The Morgan fingerprint density at radius 1 is 1.10 bits per heavy atom. The van der Waals surface area contributed by atoms with Crippen molar-refractivity contribution in [2.24, 2.45) is 4.99 Å². The van der Waals surface area contributed by atoms with E-state index in [4.69, 9.17) is 4.74 Å². The van der Waals surface area contributed by atoms with Gasteiger partial charge in [-0.1, -0.05) is 18.2 Å². The van der Waals surface area contributed by atoms with Gasteiger partial charge in [-0.25, -0.2) is 0 Å². The number of anilines is 1. The van der Waals surface area contributed by atoms with Crippen molar-refractivity contribution in [1.82, 2.24) is 16.0 Å². The van der Waals surface area contributed by atoms with E-state index in [2.05, 4.69) is 50.1 Å². The fourth-order valence-electron chi connectivity index (χ4n) is 3.34. The number of hydrogen-bond acceptors (Lipinski definition) is 4. The second-order valence-electron chi connectivity index (χ2n) is 6.89. The molecule has 8 heteroatoms. The molecular weight excluding hydrogens is 493 g/mol. The van der Waals surface area contributed by atoms with E-state index in [1.807, 2.05) is 6.07 Å². The molecule has 1 amide bonds. The first-order chi connectivity index (χ1) is 14.2. The molecule has 1 aliphatic heterocycles. The molecule has 1 atom stereocenters. The molecule has 0 radical (unpaired) electrons. The molecule has 3 N–H and O–H groups in total. The Kier molecular flexibility index (Phi) is 9.72. The Morgan fingerprint density at radius 2 is 1.80 bits per heavy atom. The lowest BCUT2D eigenvalue weighted by molar-refractivity contribution is 0.0954. The van der Waals surface area contributed by atoms with Crippen molar-refractivity contribution >= 4 is 41.5 Å². The van der Waals surface area contributed by atoms with Gasteiger partial charge in [-0.15, -0.1) is 24.0 Å². The van der Waals surface area contributed by atoms with E-state index in [0.717, 1.165) is 31.2 Å². The summed E-state index contributed by atoms with van der Waals surface area (Å²) in [7, 11) is 3.36. The molecule has 0 bridgehead atoms. The first kappa shape index (κ1) is 23.8. The van der Waals surface area contributed by atoms with Gasteiger partial charge >= 0.3 is 0 Å². The maximum Gasteiger partial charge on any atom is 0.251 e. The molecule has 0 spiro atoms. The number of methoxy groups -OCH3 is 1. The molecule has 2 aromatic carbocycles. The van der Waals surface area contributed by atoms with Crippen LogP contribution in [0.15, 0.2) is 59.6 Å². The lowest BCUT2D eigenvalue weighted by Crippen LogP contribution is -2.46. The Bertz CT molecular complexity index is 814. The summed E-state index contributed by atoms with van der Waals surface area (Å²) < 4.78 is 5.11. The number of rotatable bonds is 7. The normalized spacial score (nSPS) is 15.9. The summed E-state index contributed by atoms with van der Waals surface area (Å²) in [5.74, 6) is 1.38. The van der Waals surface area contributed by atoms with Crippen molar-refractivity contribution in [3.63, 3.8) is 0 Å². The van der Waals surface area contributed by atoms with E-state index in [-0.39, 0.29) is 29.9 Å². The average molecular weight is 523 g/mol. The molecule has 1 aliphatic rings. The minimum Gasteiger partial charge on any atom is -0.497 e. The van der Waals surface area contributed by atoms with Crippen molar-refractivity contribution in [2.45, 2.75) is 12.5 Å². The standard InChI is InChI=1S/C22H29N5O2.HI/c1-23-22(26-18-12-15-27(16-18)19-6-4-3-5-7-19)25-14-13-24-21(28)17-8-10-20(29-2)11-9-17;/h3-11,18H,12-16H2,1-2H3,(H,24,28)(H2,23,25,26);1H. The first-order valence-corrected chi connectivity index (χ1v) is 9.89. The molecule has 30 heavy (non-hydrogen) atoms. The van der Waals surface area contributed by atoms with Crippen molar-refractivity contribution in [3.8, 4) is 5.75 Å². The highest BCUT2D eigenvalue weighted by Gasteiger charge is 2.23. The molecule has 0 aromatic heterocycles. The van der Waals surface area contributed by atoms with Crippen molar-refractivity contribution in [1.29, 1.82) is 0 Å². The van der Waals surface area contributed by atoms with Gasteiger partial charge in [0.25, 0.3) is 5.91 Å². The number of ether oxygens (including phenoxy) is 1.